The van der Waals surface area contributed by atoms with Gasteiger partial charge in [0, 0.05) is 24.7 Å². The molecule has 0 fully saturated rings. The summed E-state index contributed by atoms with van der Waals surface area (Å²) in [6, 6.07) is 12.7. The summed E-state index contributed by atoms with van der Waals surface area (Å²) >= 11 is 5.90. The van der Waals surface area contributed by atoms with Gasteiger partial charge in [0.15, 0.2) is 9.84 Å². The molecule has 0 bridgehead atoms. The number of benzene rings is 2. The number of rotatable bonds is 6. The molecule has 0 aliphatic heterocycles. The third kappa shape index (κ3) is 5.58. The lowest BCUT2D eigenvalue weighted by atomic mass is 10.2. The fourth-order valence-electron chi connectivity index (χ4n) is 2.14. The summed E-state index contributed by atoms with van der Waals surface area (Å²) in [5.41, 5.74) is 1.00. The van der Waals surface area contributed by atoms with Crippen LogP contribution >= 0.6 is 11.6 Å². The van der Waals surface area contributed by atoms with Gasteiger partial charge < -0.3 is 10.6 Å². The van der Waals surface area contributed by atoms with Gasteiger partial charge in [-0.3, -0.25) is 9.59 Å². The normalized spacial score (nSPS) is 11.0. The van der Waals surface area contributed by atoms with Crippen molar-refractivity contribution in [2.75, 3.05) is 16.4 Å². The van der Waals surface area contributed by atoms with Gasteiger partial charge >= 0.3 is 0 Å². The second kappa shape index (κ2) is 8.13. The van der Waals surface area contributed by atoms with Crippen LogP contribution in [0.2, 0.25) is 5.02 Å². The summed E-state index contributed by atoms with van der Waals surface area (Å²) in [5.74, 6) is -1.03. The number of hydrogen-bond donors (Lipinski definition) is 2. The zero-order valence-electron chi connectivity index (χ0n) is 13.5. The maximum absolute atomic E-state index is 12.3. The molecule has 2 N–H and O–H groups in total. The number of amides is 2. The van der Waals surface area contributed by atoms with Crippen molar-refractivity contribution < 1.29 is 18.0 Å². The molecule has 0 aliphatic rings. The largest absolute Gasteiger partial charge is 0.326 e. The first-order valence-corrected chi connectivity index (χ1v) is 9.46. The molecule has 132 valence electrons. The minimum absolute atomic E-state index is 0.0112. The maximum atomic E-state index is 12.3. The zero-order chi connectivity index (χ0) is 18.4. The van der Waals surface area contributed by atoms with Gasteiger partial charge in [-0.1, -0.05) is 29.8 Å². The fourth-order valence-corrected chi connectivity index (χ4v) is 3.95. The highest BCUT2D eigenvalue weighted by Gasteiger charge is 2.19. The SMILES string of the molecule is CC(=O)Nc1cccc(NC(=O)CCS(=O)(=O)c2ccccc2Cl)c1. The predicted molar refractivity (Wildman–Crippen MR) is 97.5 cm³/mol. The first kappa shape index (κ1) is 19.0. The van der Waals surface area contributed by atoms with Crippen molar-refractivity contribution in [2.45, 2.75) is 18.2 Å². The molecule has 6 nitrogen and oxygen atoms in total. The van der Waals surface area contributed by atoms with Crippen molar-refractivity contribution in [1.29, 1.82) is 0 Å². The van der Waals surface area contributed by atoms with Crippen molar-refractivity contribution in [1.82, 2.24) is 0 Å². The second-order valence-electron chi connectivity index (χ2n) is 5.31. The summed E-state index contributed by atoms with van der Waals surface area (Å²) in [6.07, 6.45) is -0.210. The molecule has 2 rings (SSSR count). The minimum atomic E-state index is -3.65. The number of anilines is 2. The Balaban J connectivity index is 1.99. The van der Waals surface area contributed by atoms with E-state index in [1.165, 1.54) is 19.1 Å². The van der Waals surface area contributed by atoms with E-state index in [9.17, 15) is 18.0 Å². The van der Waals surface area contributed by atoms with Gasteiger partial charge in [0.05, 0.1) is 15.7 Å². The van der Waals surface area contributed by atoms with Gasteiger partial charge in [0.2, 0.25) is 11.8 Å². The van der Waals surface area contributed by atoms with Crippen LogP contribution in [0, 0.1) is 0 Å². The number of halogens is 1. The summed E-state index contributed by atoms with van der Waals surface area (Å²) in [7, 11) is -3.65. The summed E-state index contributed by atoms with van der Waals surface area (Å²) in [5, 5.41) is 5.34. The standard InChI is InChI=1S/C17H17ClN2O4S/c1-12(21)19-13-5-4-6-14(11-13)20-17(22)9-10-25(23,24)16-8-3-2-7-15(16)18/h2-8,11H,9-10H2,1H3,(H,19,21)(H,20,22). The number of sulfone groups is 1. The number of carbonyl (C=O) groups is 2. The smallest absolute Gasteiger partial charge is 0.225 e. The minimum Gasteiger partial charge on any atom is -0.326 e. The van der Waals surface area contributed by atoms with Gasteiger partial charge in [0.1, 0.15) is 0 Å². The van der Waals surface area contributed by atoms with Crippen LogP contribution in [0.4, 0.5) is 11.4 Å². The Hall–Kier alpha value is -2.38. The lowest BCUT2D eigenvalue weighted by Crippen LogP contribution is -2.17. The Morgan fingerprint density at radius 2 is 1.64 bits per heavy atom. The lowest BCUT2D eigenvalue weighted by Gasteiger charge is -2.09. The van der Waals surface area contributed by atoms with E-state index in [-0.39, 0.29) is 28.0 Å². The molecule has 25 heavy (non-hydrogen) atoms. The molecule has 0 saturated heterocycles. The quantitative estimate of drug-likeness (QED) is 0.805. The molecule has 0 saturated carbocycles. The van der Waals surface area contributed by atoms with Crippen molar-refractivity contribution in [2.24, 2.45) is 0 Å². The van der Waals surface area contributed by atoms with Gasteiger partial charge in [-0.15, -0.1) is 0 Å². The molecule has 0 heterocycles. The molecule has 0 unspecified atom stereocenters. The van der Waals surface area contributed by atoms with Gasteiger partial charge in [-0.2, -0.15) is 0 Å². The average Bonchev–Trinajstić information content (AvgIpc) is 2.53. The molecule has 2 aromatic carbocycles. The zero-order valence-corrected chi connectivity index (χ0v) is 15.0. The van der Waals surface area contributed by atoms with E-state index >= 15 is 0 Å². The van der Waals surface area contributed by atoms with E-state index < -0.39 is 15.7 Å². The van der Waals surface area contributed by atoms with Gasteiger partial charge in [-0.05, 0) is 30.3 Å². The Kier molecular flexibility index (Phi) is 6.17. The fraction of sp³-hybridized carbons (Fsp3) is 0.176. The van der Waals surface area contributed by atoms with E-state index in [2.05, 4.69) is 10.6 Å². The van der Waals surface area contributed by atoms with E-state index in [4.69, 9.17) is 11.6 Å². The third-order valence-corrected chi connectivity index (χ3v) is 5.45. The van der Waals surface area contributed by atoms with Crippen molar-refractivity contribution in [3.8, 4) is 0 Å². The van der Waals surface area contributed by atoms with E-state index in [1.807, 2.05) is 0 Å². The maximum Gasteiger partial charge on any atom is 0.225 e. The summed E-state index contributed by atoms with van der Waals surface area (Å²) in [4.78, 5) is 23.1. The average molecular weight is 381 g/mol. The molecule has 0 radical (unpaired) electrons. The molecule has 2 amide bonds. The Labute approximate surface area is 151 Å². The van der Waals surface area contributed by atoms with Crippen molar-refractivity contribution in [3.05, 3.63) is 53.6 Å². The van der Waals surface area contributed by atoms with Crippen molar-refractivity contribution >= 4 is 44.6 Å². The van der Waals surface area contributed by atoms with Gasteiger partial charge in [-0.25, -0.2) is 8.42 Å². The van der Waals surface area contributed by atoms with Crippen LogP contribution in [0.5, 0.6) is 0 Å². The Morgan fingerprint density at radius 3 is 2.28 bits per heavy atom. The third-order valence-electron chi connectivity index (χ3n) is 3.24. The molecule has 0 aliphatic carbocycles. The Morgan fingerprint density at radius 1 is 1.00 bits per heavy atom. The summed E-state index contributed by atoms with van der Waals surface area (Å²) in [6.45, 7) is 1.38. The van der Waals surface area contributed by atoms with Crippen molar-refractivity contribution in [3.63, 3.8) is 0 Å². The molecule has 0 aromatic heterocycles. The van der Waals surface area contributed by atoms with Crippen LogP contribution in [0.3, 0.4) is 0 Å². The van der Waals surface area contributed by atoms with Gasteiger partial charge in [0.25, 0.3) is 0 Å². The molecular weight excluding hydrogens is 364 g/mol. The first-order chi connectivity index (χ1) is 11.8. The van der Waals surface area contributed by atoms with Crippen LogP contribution in [0.1, 0.15) is 13.3 Å². The highest BCUT2D eigenvalue weighted by atomic mass is 35.5. The van der Waals surface area contributed by atoms with Crippen LogP contribution in [-0.4, -0.2) is 26.0 Å². The lowest BCUT2D eigenvalue weighted by molar-refractivity contribution is -0.116. The number of carbonyl (C=O) groups excluding carboxylic acids is 2. The second-order valence-corrected chi connectivity index (χ2v) is 7.79. The molecular formula is C17H17ClN2O4S. The van der Waals surface area contributed by atoms with Crippen LogP contribution in [0.25, 0.3) is 0 Å². The number of nitrogens with one attached hydrogen (secondary N) is 2. The van der Waals surface area contributed by atoms with Crippen LogP contribution in [0.15, 0.2) is 53.4 Å². The Bertz CT molecular complexity index is 897. The molecule has 0 atom stereocenters. The summed E-state index contributed by atoms with van der Waals surface area (Å²) < 4.78 is 24.5. The molecule has 2 aromatic rings. The topological polar surface area (TPSA) is 92.3 Å². The number of hydrogen-bond acceptors (Lipinski definition) is 4. The van der Waals surface area contributed by atoms with Crippen LogP contribution < -0.4 is 10.6 Å². The predicted octanol–water partition coefficient (Wildman–Crippen LogP) is 3.10. The van der Waals surface area contributed by atoms with Crippen LogP contribution in [-0.2, 0) is 19.4 Å². The van der Waals surface area contributed by atoms with E-state index in [0.717, 1.165) is 0 Å². The van der Waals surface area contributed by atoms with E-state index in [0.29, 0.717) is 11.4 Å². The van der Waals surface area contributed by atoms with E-state index in [1.54, 1.807) is 36.4 Å². The monoisotopic (exact) mass is 380 g/mol. The first-order valence-electron chi connectivity index (χ1n) is 7.43. The molecule has 8 heteroatoms. The highest BCUT2D eigenvalue weighted by Crippen LogP contribution is 2.22. The highest BCUT2D eigenvalue weighted by molar-refractivity contribution is 7.91. The molecule has 0 spiro atoms.